The lowest BCUT2D eigenvalue weighted by molar-refractivity contribution is -0.122. The number of amidine groups is 1. The third kappa shape index (κ3) is 5.12. The van der Waals surface area contributed by atoms with Gasteiger partial charge in [0.05, 0.1) is 0 Å². The SMILES string of the molecule is O=C1/C(=C\c2ccccc2)N=C(c2ccccc2)N1CC1=NC(=S)N(c2ccccc2)C(c2ccccc2)O1. The summed E-state index contributed by atoms with van der Waals surface area (Å²) in [6.07, 6.45) is 1.26. The van der Waals surface area contributed by atoms with Gasteiger partial charge in [0.1, 0.15) is 18.1 Å². The van der Waals surface area contributed by atoms with E-state index in [0.29, 0.717) is 22.5 Å². The molecule has 0 radical (unpaired) electrons. The number of carbonyl (C=O) groups excluding carboxylic acids is 1. The maximum Gasteiger partial charge on any atom is 0.278 e. The van der Waals surface area contributed by atoms with E-state index in [0.717, 1.165) is 22.4 Å². The van der Waals surface area contributed by atoms with Crippen LogP contribution in [-0.4, -0.2) is 34.2 Å². The number of para-hydroxylation sites is 1. The average Bonchev–Trinajstić information content (AvgIpc) is 3.29. The highest BCUT2D eigenvalue weighted by atomic mass is 32.1. The molecule has 0 bridgehead atoms. The van der Waals surface area contributed by atoms with Gasteiger partial charge in [-0.15, -0.1) is 0 Å². The standard InChI is InChI=1S/C32H24N4O2S/c37-30-27(21-23-13-5-1-6-14-23)33-29(24-15-7-2-8-16-24)35(30)22-28-34-32(39)36(26-19-11-4-12-20-26)31(38-28)25-17-9-3-10-18-25/h1-21,31H,22H2/b27-21+. The zero-order valence-corrected chi connectivity index (χ0v) is 21.7. The molecule has 4 aromatic carbocycles. The number of anilines is 1. The van der Waals surface area contributed by atoms with Crippen molar-refractivity contribution in [3.05, 3.63) is 144 Å². The number of benzene rings is 4. The van der Waals surface area contributed by atoms with Crippen molar-refractivity contribution in [3.63, 3.8) is 0 Å². The van der Waals surface area contributed by atoms with E-state index in [1.54, 1.807) is 11.0 Å². The van der Waals surface area contributed by atoms with Crippen molar-refractivity contribution in [3.8, 4) is 0 Å². The van der Waals surface area contributed by atoms with E-state index in [2.05, 4.69) is 4.99 Å². The molecule has 1 amide bonds. The van der Waals surface area contributed by atoms with Crippen LogP contribution in [0, 0.1) is 0 Å². The first-order valence-electron chi connectivity index (χ1n) is 12.6. The second kappa shape index (κ2) is 10.8. The second-order valence-electron chi connectivity index (χ2n) is 9.01. The van der Waals surface area contributed by atoms with E-state index < -0.39 is 6.23 Å². The lowest BCUT2D eigenvalue weighted by Crippen LogP contribution is -2.45. The third-order valence-electron chi connectivity index (χ3n) is 6.40. The molecule has 2 aliphatic rings. The van der Waals surface area contributed by atoms with Gasteiger partial charge in [-0.2, -0.15) is 4.99 Å². The fourth-order valence-electron chi connectivity index (χ4n) is 4.56. The molecule has 190 valence electrons. The van der Waals surface area contributed by atoms with Crippen molar-refractivity contribution in [2.45, 2.75) is 6.23 Å². The summed E-state index contributed by atoms with van der Waals surface area (Å²) < 4.78 is 6.48. The number of amides is 1. The van der Waals surface area contributed by atoms with Crippen LogP contribution in [0.4, 0.5) is 5.69 Å². The minimum absolute atomic E-state index is 0.0881. The monoisotopic (exact) mass is 528 g/mol. The number of hydrogen-bond donors (Lipinski definition) is 0. The molecule has 0 N–H and O–H groups in total. The largest absolute Gasteiger partial charge is 0.451 e. The summed E-state index contributed by atoms with van der Waals surface area (Å²) in [4.78, 5) is 26.5. The molecule has 39 heavy (non-hydrogen) atoms. The number of aliphatic imine (C=N–C) groups is 2. The lowest BCUT2D eigenvalue weighted by atomic mass is 10.1. The Labute approximate surface area is 232 Å². The van der Waals surface area contributed by atoms with E-state index >= 15 is 0 Å². The van der Waals surface area contributed by atoms with Gasteiger partial charge in [-0.05, 0) is 36.0 Å². The molecule has 6 nitrogen and oxygen atoms in total. The summed E-state index contributed by atoms with van der Waals surface area (Å²) >= 11 is 5.78. The van der Waals surface area contributed by atoms with Gasteiger partial charge >= 0.3 is 0 Å². The molecular formula is C32H24N4O2S. The molecule has 1 atom stereocenters. The topological polar surface area (TPSA) is 57.5 Å². The Morgan fingerprint density at radius 2 is 1.36 bits per heavy atom. The first-order valence-corrected chi connectivity index (χ1v) is 13.0. The molecule has 7 heteroatoms. The maximum absolute atomic E-state index is 13.7. The van der Waals surface area contributed by atoms with Crippen LogP contribution < -0.4 is 4.90 Å². The van der Waals surface area contributed by atoms with Crippen LogP contribution in [-0.2, 0) is 9.53 Å². The van der Waals surface area contributed by atoms with Crippen LogP contribution in [0.1, 0.15) is 22.9 Å². The minimum atomic E-state index is -0.539. The summed E-state index contributed by atoms with van der Waals surface area (Å²) in [6, 6.07) is 39.0. The van der Waals surface area contributed by atoms with Gasteiger partial charge < -0.3 is 4.74 Å². The Balaban J connectivity index is 1.36. The number of rotatable bonds is 6. The summed E-state index contributed by atoms with van der Waals surface area (Å²) in [7, 11) is 0. The van der Waals surface area contributed by atoms with Crippen LogP contribution in [0.5, 0.6) is 0 Å². The number of ether oxygens (including phenoxy) is 1. The van der Waals surface area contributed by atoms with Crippen molar-refractivity contribution in [2.75, 3.05) is 11.4 Å². The van der Waals surface area contributed by atoms with Gasteiger partial charge in [-0.25, -0.2) is 4.99 Å². The van der Waals surface area contributed by atoms with Crippen LogP contribution in [0.25, 0.3) is 6.08 Å². The van der Waals surface area contributed by atoms with Gasteiger partial charge in [0.15, 0.2) is 0 Å². The summed E-state index contributed by atoms with van der Waals surface area (Å²) in [6.45, 7) is 0.0881. The zero-order chi connectivity index (χ0) is 26.6. The van der Waals surface area contributed by atoms with Gasteiger partial charge in [-0.3, -0.25) is 14.6 Å². The minimum Gasteiger partial charge on any atom is -0.451 e. The fourth-order valence-corrected chi connectivity index (χ4v) is 4.86. The Morgan fingerprint density at radius 1 is 0.769 bits per heavy atom. The van der Waals surface area contributed by atoms with Crippen molar-refractivity contribution in [2.24, 2.45) is 9.98 Å². The third-order valence-corrected chi connectivity index (χ3v) is 6.69. The highest BCUT2D eigenvalue weighted by molar-refractivity contribution is 7.80. The van der Waals surface area contributed by atoms with E-state index in [9.17, 15) is 4.79 Å². The number of carbonyl (C=O) groups is 1. The normalized spacial score (nSPS) is 18.2. The smallest absolute Gasteiger partial charge is 0.278 e. The Hall–Kier alpha value is -4.88. The second-order valence-corrected chi connectivity index (χ2v) is 9.37. The van der Waals surface area contributed by atoms with Gasteiger partial charge in [0, 0.05) is 16.8 Å². The highest BCUT2D eigenvalue weighted by Gasteiger charge is 2.36. The quantitative estimate of drug-likeness (QED) is 0.220. The summed E-state index contributed by atoms with van der Waals surface area (Å²) in [5.41, 5.74) is 3.87. The van der Waals surface area contributed by atoms with Crippen LogP contribution in [0.2, 0.25) is 0 Å². The predicted octanol–water partition coefficient (Wildman–Crippen LogP) is 6.24. The molecule has 0 saturated heterocycles. The number of hydrogen-bond acceptors (Lipinski definition) is 4. The van der Waals surface area contributed by atoms with Crippen molar-refractivity contribution >= 4 is 46.7 Å². The fraction of sp³-hybridized carbons (Fsp3) is 0.0625. The summed E-state index contributed by atoms with van der Waals surface area (Å²) in [5.74, 6) is 0.664. The molecule has 0 aromatic heterocycles. The molecule has 0 aliphatic carbocycles. The lowest BCUT2D eigenvalue weighted by Gasteiger charge is -2.37. The molecule has 2 aliphatic heterocycles. The molecule has 2 heterocycles. The molecule has 0 saturated carbocycles. The van der Waals surface area contributed by atoms with Gasteiger partial charge in [0.25, 0.3) is 5.91 Å². The van der Waals surface area contributed by atoms with Gasteiger partial charge in [-0.1, -0.05) is 109 Å². The molecular weight excluding hydrogens is 504 g/mol. The molecule has 0 fully saturated rings. The van der Waals surface area contributed by atoms with Gasteiger partial charge in [0.2, 0.25) is 17.2 Å². The van der Waals surface area contributed by atoms with E-state index in [1.807, 2.05) is 126 Å². The molecule has 1 unspecified atom stereocenters. The highest BCUT2D eigenvalue weighted by Crippen LogP contribution is 2.33. The number of nitrogens with zero attached hydrogens (tertiary/aromatic N) is 4. The Kier molecular flexibility index (Phi) is 6.80. The summed E-state index contributed by atoms with van der Waals surface area (Å²) in [5, 5.41) is 0.362. The molecule has 6 rings (SSSR count). The molecule has 0 spiro atoms. The average molecular weight is 529 g/mol. The molecule has 4 aromatic rings. The van der Waals surface area contributed by atoms with Crippen LogP contribution in [0.15, 0.2) is 137 Å². The maximum atomic E-state index is 13.7. The predicted molar refractivity (Wildman–Crippen MR) is 158 cm³/mol. The number of thiocarbonyl (C=S) groups is 1. The first kappa shape index (κ1) is 24.5. The Bertz CT molecular complexity index is 1590. The van der Waals surface area contributed by atoms with Crippen molar-refractivity contribution in [1.29, 1.82) is 0 Å². The Morgan fingerprint density at radius 3 is 2.03 bits per heavy atom. The van der Waals surface area contributed by atoms with Crippen molar-refractivity contribution in [1.82, 2.24) is 4.90 Å². The zero-order valence-electron chi connectivity index (χ0n) is 20.9. The van der Waals surface area contributed by atoms with Crippen LogP contribution >= 0.6 is 12.2 Å². The first-order chi connectivity index (χ1) is 19.2. The van der Waals surface area contributed by atoms with Crippen molar-refractivity contribution < 1.29 is 9.53 Å². The van der Waals surface area contributed by atoms with E-state index in [4.69, 9.17) is 21.9 Å². The van der Waals surface area contributed by atoms with Crippen LogP contribution in [0.3, 0.4) is 0 Å². The van der Waals surface area contributed by atoms with E-state index in [-0.39, 0.29) is 12.5 Å². The van der Waals surface area contributed by atoms with E-state index in [1.165, 1.54) is 0 Å².